The van der Waals surface area contributed by atoms with Crippen LogP contribution in [0.5, 0.6) is 0 Å². The van der Waals surface area contributed by atoms with Gasteiger partial charge in [-0.2, -0.15) is 0 Å². The van der Waals surface area contributed by atoms with Gasteiger partial charge in [0.25, 0.3) is 0 Å². The van der Waals surface area contributed by atoms with Gasteiger partial charge < -0.3 is 0 Å². The van der Waals surface area contributed by atoms with Crippen molar-refractivity contribution in [1.29, 1.82) is 0 Å². The molecule has 2 aliphatic rings. The molecule has 0 spiro atoms. The Morgan fingerprint density at radius 1 is 0.750 bits per heavy atom. The van der Waals surface area contributed by atoms with Crippen LogP contribution in [0.25, 0.3) is 0 Å². The van der Waals surface area contributed by atoms with Gasteiger partial charge in [-0.3, -0.25) is 0 Å². The summed E-state index contributed by atoms with van der Waals surface area (Å²) in [6.07, 6.45) is 10.6. The molecule has 0 aromatic rings. The van der Waals surface area contributed by atoms with Crippen LogP contribution in [0, 0.1) is 17.3 Å². The number of hydrogen-bond acceptors (Lipinski definition) is 0. The molecule has 0 aromatic carbocycles. The maximum atomic E-state index is 2.52. The van der Waals surface area contributed by atoms with Crippen LogP contribution in [0.2, 0.25) is 0 Å². The summed E-state index contributed by atoms with van der Waals surface area (Å²) in [4.78, 5) is 0. The van der Waals surface area contributed by atoms with Crippen molar-refractivity contribution in [3.05, 3.63) is 0 Å². The Morgan fingerprint density at radius 3 is 1.67 bits per heavy atom. The van der Waals surface area contributed by atoms with E-state index in [1.807, 2.05) is 0 Å². The number of rotatable bonds is 0. The number of hydrogen-bond donors (Lipinski definition) is 0. The van der Waals surface area contributed by atoms with Crippen LogP contribution in [0.1, 0.15) is 58.8 Å². The minimum absolute atomic E-state index is 0.675. The standard InChI is InChI=1S/C12H22/c1-12(2)10-6-3-4-7-11(12)9-5-8-10/h10-11H,3-9H2,1-2H3. The first-order valence-corrected chi connectivity index (χ1v) is 5.71. The van der Waals surface area contributed by atoms with Gasteiger partial charge in [-0.05, 0) is 42.9 Å². The fourth-order valence-electron chi connectivity index (χ4n) is 3.50. The van der Waals surface area contributed by atoms with Crippen molar-refractivity contribution in [1.82, 2.24) is 0 Å². The molecule has 2 unspecified atom stereocenters. The fourth-order valence-corrected chi connectivity index (χ4v) is 3.50. The van der Waals surface area contributed by atoms with E-state index in [1.54, 1.807) is 0 Å². The smallest absolute Gasteiger partial charge is 0.0298 e. The van der Waals surface area contributed by atoms with Crippen molar-refractivity contribution < 1.29 is 0 Å². The Balaban J connectivity index is 2.18. The molecule has 2 bridgehead atoms. The van der Waals surface area contributed by atoms with E-state index >= 15 is 0 Å². The van der Waals surface area contributed by atoms with E-state index in [0.717, 1.165) is 11.8 Å². The second-order valence-electron chi connectivity index (χ2n) is 5.43. The molecule has 0 heterocycles. The molecule has 2 saturated carbocycles. The van der Waals surface area contributed by atoms with Crippen molar-refractivity contribution in [3.8, 4) is 0 Å². The molecule has 0 radical (unpaired) electrons. The minimum atomic E-state index is 0.675. The molecule has 2 aliphatic carbocycles. The van der Waals surface area contributed by atoms with Crippen molar-refractivity contribution in [3.63, 3.8) is 0 Å². The Kier molecular flexibility index (Phi) is 2.18. The summed E-state index contributed by atoms with van der Waals surface area (Å²) in [6, 6.07) is 0. The first kappa shape index (κ1) is 8.59. The zero-order valence-electron chi connectivity index (χ0n) is 8.60. The van der Waals surface area contributed by atoms with E-state index in [-0.39, 0.29) is 0 Å². The monoisotopic (exact) mass is 166 g/mol. The van der Waals surface area contributed by atoms with E-state index in [0.29, 0.717) is 5.41 Å². The van der Waals surface area contributed by atoms with Gasteiger partial charge in [0, 0.05) is 0 Å². The summed E-state index contributed by atoms with van der Waals surface area (Å²) in [5, 5.41) is 0. The highest BCUT2D eigenvalue weighted by Crippen LogP contribution is 2.51. The zero-order valence-corrected chi connectivity index (χ0v) is 8.60. The molecule has 0 aromatic heterocycles. The first-order valence-electron chi connectivity index (χ1n) is 5.71. The molecule has 0 heteroatoms. The van der Waals surface area contributed by atoms with Crippen LogP contribution in [-0.2, 0) is 0 Å². The largest absolute Gasteiger partial charge is 0.0594 e. The third-order valence-corrected chi connectivity index (χ3v) is 4.56. The molecule has 70 valence electrons. The third kappa shape index (κ3) is 1.30. The molecule has 0 nitrogen and oxygen atoms in total. The van der Waals surface area contributed by atoms with Gasteiger partial charge in [0.1, 0.15) is 0 Å². The van der Waals surface area contributed by atoms with Crippen LogP contribution in [0.4, 0.5) is 0 Å². The lowest BCUT2D eigenvalue weighted by atomic mass is 9.62. The van der Waals surface area contributed by atoms with Gasteiger partial charge in [0.15, 0.2) is 0 Å². The van der Waals surface area contributed by atoms with Crippen LogP contribution in [0.3, 0.4) is 0 Å². The predicted octanol–water partition coefficient (Wildman–Crippen LogP) is 4.00. The SMILES string of the molecule is CC1(C)C2CCCCC1CCC2. The normalized spacial score (nSPS) is 40.5. The van der Waals surface area contributed by atoms with E-state index in [9.17, 15) is 0 Å². The molecule has 0 aliphatic heterocycles. The highest BCUT2D eigenvalue weighted by atomic mass is 14.5. The molecule has 2 atom stereocenters. The van der Waals surface area contributed by atoms with Crippen LogP contribution in [0.15, 0.2) is 0 Å². The second-order valence-corrected chi connectivity index (χ2v) is 5.43. The highest BCUT2D eigenvalue weighted by Gasteiger charge is 2.40. The predicted molar refractivity (Wildman–Crippen MR) is 53.1 cm³/mol. The molecule has 0 N–H and O–H groups in total. The number of fused-ring (bicyclic) bond motifs is 2. The molecule has 2 fully saturated rings. The highest BCUT2D eigenvalue weighted by molar-refractivity contribution is 4.90. The molecule has 12 heavy (non-hydrogen) atoms. The Hall–Kier alpha value is 0. The Labute approximate surface area is 76.7 Å². The van der Waals surface area contributed by atoms with E-state index in [1.165, 1.54) is 44.9 Å². The van der Waals surface area contributed by atoms with Gasteiger partial charge >= 0.3 is 0 Å². The van der Waals surface area contributed by atoms with Crippen molar-refractivity contribution in [2.24, 2.45) is 17.3 Å². The summed E-state index contributed by atoms with van der Waals surface area (Å²) in [7, 11) is 0. The van der Waals surface area contributed by atoms with Gasteiger partial charge in [-0.15, -0.1) is 0 Å². The van der Waals surface area contributed by atoms with Crippen molar-refractivity contribution >= 4 is 0 Å². The van der Waals surface area contributed by atoms with E-state index in [4.69, 9.17) is 0 Å². The first-order chi connectivity index (χ1) is 5.71. The molecular formula is C12H22. The van der Waals surface area contributed by atoms with Crippen molar-refractivity contribution in [2.45, 2.75) is 58.8 Å². The maximum absolute atomic E-state index is 2.52. The lowest BCUT2D eigenvalue weighted by molar-refractivity contribution is 0.0636. The maximum Gasteiger partial charge on any atom is -0.0298 e. The van der Waals surface area contributed by atoms with Gasteiger partial charge in [0.2, 0.25) is 0 Å². The quantitative estimate of drug-likeness (QED) is 0.510. The molecule has 2 rings (SSSR count). The van der Waals surface area contributed by atoms with Gasteiger partial charge in [0.05, 0.1) is 0 Å². The lowest BCUT2D eigenvalue weighted by Gasteiger charge is -2.44. The molecule has 0 saturated heterocycles. The summed E-state index contributed by atoms with van der Waals surface area (Å²) in [5.41, 5.74) is 0.675. The fraction of sp³-hybridized carbons (Fsp3) is 1.00. The van der Waals surface area contributed by atoms with Crippen LogP contribution >= 0.6 is 0 Å². The Bertz CT molecular complexity index is 141. The average Bonchev–Trinajstić information content (AvgIpc) is 2.16. The average molecular weight is 166 g/mol. The molecule has 0 amide bonds. The zero-order chi connectivity index (χ0) is 8.60. The van der Waals surface area contributed by atoms with Gasteiger partial charge in [-0.1, -0.05) is 33.1 Å². The van der Waals surface area contributed by atoms with Crippen molar-refractivity contribution in [2.75, 3.05) is 0 Å². The summed E-state index contributed by atoms with van der Waals surface area (Å²) >= 11 is 0. The topological polar surface area (TPSA) is 0 Å². The summed E-state index contributed by atoms with van der Waals surface area (Å²) < 4.78 is 0. The minimum Gasteiger partial charge on any atom is -0.0594 e. The third-order valence-electron chi connectivity index (χ3n) is 4.56. The molecular weight excluding hydrogens is 144 g/mol. The van der Waals surface area contributed by atoms with Crippen LogP contribution < -0.4 is 0 Å². The second kappa shape index (κ2) is 3.05. The Morgan fingerprint density at radius 2 is 1.17 bits per heavy atom. The van der Waals surface area contributed by atoms with Gasteiger partial charge in [-0.25, -0.2) is 0 Å². The summed E-state index contributed by atoms with van der Waals surface area (Å²) in [6.45, 7) is 5.04. The van der Waals surface area contributed by atoms with E-state index in [2.05, 4.69) is 13.8 Å². The van der Waals surface area contributed by atoms with Crippen LogP contribution in [-0.4, -0.2) is 0 Å². The van der Waals surface area contributed by atoms with E-state index < -0.39 is 0 Å². The summed E-state index contributed by atoms with van der Waals surface area (Å²) in [5.74, 6) is 2.11. The lowest BCUT2D eigenvalue weighted by Crippen LogP contribution is -2.34.